The minimum atomic E-state index is -0.839. The van der Waals surface area contributed by atoms with Crippen molar-refractivity contribution in [3.05, 3.63) is 0 Å². The van der Waals surface area contributed by atoms with Crippen LogP contribution in [0.4, 0.5) is 4.79 Å². The number of hydrogen-bond acceptors (Lipinski definition) is 4. The van der Waals surface area contributed by atoms with Crippen molar-refractivity contribution in [1.29, 1.82) is 0 Å². The molecule has 3 N–H and O–H groups in total. The predicted molar refractivity (Wildman–Crippen MR) is 127 cm³/mol. The summed E-state index contributed by atoms with van der Waals surface area (Å²) in [5.74, 6) is -0.563. The van der Waals surface area contributed by atoms with Gasteiger partial charge in [-0.3, -0.25) is 14.4 Å². The van der Waals surface area contributed by atoms with E-state index in [2.05, 4.69) is 16.0 Å². The van der Waals surface area contributed by atoms with Gasteiger partial charge in [0.2, 0.25) is 17.7 Å². The fourth-order valence-corrected chi connectivity index (χ4v) is 4.53. The lowest BCUT2D eigenvalue weighted by Gasteiger charge is -2.38. The molecule has 3 unspecified atom stereocenters. The van der Waals surface area contributed by atoms with Crippen LogP contribution in [0.15, 0.2) is 0 Å². The molecular formula is C24H43N5O4. The molecule has 2 saturated heterocycles. The van der Waals surface area contributed by atoms with E-state index in [0.717, 1.165) is 25.7 Å². The van der Waals surface area contributed by atoms with Gasteiger partial charge in [-0.2, -0.15) is 0 Å². The normalized spacial score (nSPS) is 21.2. The number of urea groups is 1. The van der Waals surface area contributed by atoms with Crippen molar-refractivity contribution < 1.29 is 19.2 Å². The van der Waals surface area contributed by atoms with Crippen molar-refractivity contribution in [2.45, 2.75) is 91.8 Å². The highest BCUT2D eigenvalue weighted by molar-refractivity contribution is 5.94. The first kappa shape index (κ1) is 26.9. The van der Waals surface area contributed by atoms with E-state index < -0.39 is 35.0 Å². The third-order valence-corrected chi connectivity index (χ3v) is 6.53. The van der Waals surface area contributed by atoms with Crippen molar-refractivity contribution in [3.8, 4) is 0 Å². The van der Waals surface area contributed by atoms with Crippen molar-refractivity contribution in [2.75, 3.05) is 26.7 Å². The van der Waals surface area contributed by atoms with Gasteiger partial charge in [0.1, 0.15) is 18.1 Å². The molecule has 2 heterocycles. The Morgan fingerprint density at radius 2 is 1.27 bits per heavy atom. The molecule has 0 spiro atoms. The zero-order chi connectivity index (χ0) is 25.0. The molecule has 0 aromatic rings. The van der Waals surface area contributed by atoms with Gasteiger partial charge in [-0.05, 0) is 42.9 Å². The van der Waals surface area contributed by atoms with E-state index in [1.807, 2.05) is 46.4 Å². The van der Waals surface area contributed by atoms with Crippen LogP contribution in [0.2, 0.25) is 0 Å². The number of carbonyl (C=O) groups is 4. The second-order valence-electron chi connectivity index (χ2n) is 11.4. The van der Waals surface area contributed by atoms with Crippen LogP contribution in [0, 0.1) is 10.8 Å². The molecule has 2 aliphatic heterocycles. The molecule has 0 saturated carbocycles. The number of nitrogens with zero attached hydrogens (tertiary/aromatic N) is 2. The minimum Gasteiger partial charge on any atom is -0.357 e. The first-order valence-corrected chi connectivity index (χ1v) is 12.1. The average molecular weight is 466 g/mol. The maximum atomic E-state index is 13.5. The van der Waals surface area contributed by atoms with E-state index in [0.29, 0.717) is 26.1 Å². The lowest BCUT2D eigenvalue weighted by Crippen LogP contribution is -2.62. The van der Waals surface area contributed by atoms with Gasteiger partial charge in [0.25, 0.3) is 0 Å². The Hall–Kier alpha value is -2.32. The van der Waals surface area contributed by atoms with E-state index in [1.54, 1.807) is 11.9 Å². The topological polar surface area (TPSA) is 111 Å². The Balaban J connectivity index is 2.17. The smallest absolute Gasteiger partial charge is 0.316 e. The van der Waals surface area contributed by atoms with E-state index in [-0.39, 0.29) is 17.7 Å². The molecule has 0 radical (unpaired) electrons. The molecular weight excluding hydrogens is 422 g/mol. The zero-order valence-electron chi connectivity index (χ0n) is 21.4. The molecule has 2 aliphatic rings. The third-order valence-electron chi connectivity index (χ3n) is 6.53. The largest absolute Gasteiger partial charge is 0.357 e. The highest BCUT2D eigenvalue weighted by Gasteiger charge is 2.43. The number of nitrogens with one attached hydrogen (secondary N) is 3. The number of likely N-dealkylation sites (tertiary alicyclic amines) is 2. The molecule has 33 heavy (non-hydrogen) atoms. The average Bonchev–Trinajstić information content (AvgIpc) is 3.23. The minimum absolute atomic E-state index is 0.0878. The van der Waals surface area contributed by atoms with E-state index in [4.69, 9.17) is 0 Å². The fourth-order valence-electron chi connectivity index (χ4n) is 4.53. The maximum Gasteiger partial charge on any atom is 0.316 e. The number of carbonyl (C=O) groups excluding carboxylic acids is 4. The van der Waals surface area contributed by atoms with Crippen LogP contribution in [0.3, 0.4) is 0 Å². The molecule has 5 amide bonds. The Morgan fingerprint density at radius 1 is 0.758 bits per heavy atom. The summed E-state index contributed by atoms with van der Waals surface area (Å²) in [6.07, 6.45) is 4.39. The second-order valence-corrected chi connectivity index (χ2v) is 11.4. The monoisotopic (exact) mass is 465 g/mol. The number of rotatable bonds is 5. The van der Waals surface area contributed by atoms with Gasteiger partial charge in [-0.25, -0.2) is 4.79 Å². The molecule has 2 fully saturated rings. The molecule has 9 heteroatoms. The Bertz CT molecular complexity index is 734. The Labute approximate surface area is 198 Å². The Kier molecular flexibility index (Phi) is 8.76. The molecule has 0 aromatic carbocycles. The van der Waals surface area contributed by atoms with Crippen LogP contribution in [-0.2, 0) is 14.4 Å². The molecule has 3 atom stereocenters. The summed E-state index contributed by atoms with van der Waals surface area (Å²) >= 11 is 0. The first-order valence-electron chi connectivity index (χ1n) is 12.1. The van der Waals surface area contributed by atoms with Gasteiger partial charge in [0.05, 0.1) is 0 Å². The lowest BCUT2D eigenvalue weighted by atomic mass is 9.84. The van der Waals surface area contributed by atoms with E-state index in [9.17, 15) is 19.2 Å². The van der Waals surface area contributed by atoms with Crippen LogP contribution in [0.1, 0.15) is 73.6 Å². The van der Waals surface area contributed by atoms with Crippen LogP contribution >= 0.6 is 0 Å². The van der Waals surface area contributed by atoms with Gasteiger partial charge >= 0.3 is 6.03 Å². The SMILES string of the molecule is CNC(=O)C1CCCN1C(=O)C(NC(=O)NC(C(=O)N1CCCCC1)C(C)(C)C)C(C)(C)C. The van der Waals surface area contributed by atoms with Crippen LogP contribution in [0.5, 0.6) is 0 Å². The fraction of sp³-hybridized carbons (Fsp3) is 0.833. The summed E-state index contributed by atoms with van der Waals surface area (Å²) in [7, 11) is 1.56. The third kappa shape index (κ3) is 6.84. The molecule has 0 bridgehead atoms. The number of likely N-dealkylation sites (N-methyl/N-ethyl adjacent to an activating group) is 1. The van der Waals surface area contributed by atoms with Gasteiger partial charge in [-0.15, -0.1) is 0 Å². The summed E-state index contributed by atoms with van der Waals surface area (Å²) in [6.45, 7) is 13.3. The number of piperidine rings is 1. The highest BCUT2D eigenvalue weighted by atomic mass is 16.2. The van der Waals surface area contributed by atoms with E-state index >= 15 is 0 Å². The van der Waals surface area contributed by atoms with Crippen molar-refractivity contribution in [1.82, 2.24) is 25.8 Å². The van der Waals surface area contributed by atoms with Crippen LogP contribution < -0.4 is 16.0 Å². The standard InChI is InChI=1S/C24H43N5O4/c1-23(2,3)17(20(31)28-13-9-8-10-14-28)26-22(33)27-18(24(4,5)6)21(32)29-15-11-12-16(29)19(30)25-7/h16-18H,8-15H2,1-7H3,(H,25,30)(H2,26,27,33). The number of hydrogen-bond donors (Lipinski definition) is 3. The second kappa shape index (κ2) is 10.7. The van der Waals surface area contributed by atoms with Crippen molar-refractivity contribution in [2.24, 2.45) is 10.8 Å². The molecule has 9 nitrogen and oxygen atoms in total. The molecule has 0 aliphatic carbocycles. The summed E-state index contributed by atoms with van der Waals surface area (Å²) in [5, 5.41) is 8.31. The van der Waals surface area contributed by atoms with Crippen molar-refractivity contribution >= 4 is 23.8 Å². The quantitative estimate of drug-likeness (QED) is 0.575. The molecule has 0 aromatic heterocycles. The van der Waals surface area contributed by atoms with Crippen LogP contribution in [0.25, 0.3) is 0 Å². The van der Waals surface area contributed by atoms with E-state index in [1.165, 1.54) is 0 Å². The zero-order valence-corrected chi connectivity index (χ0v) is 21.4. The first-order chi connectivity index (χ1) is 15.3. The number of amides is 5. The highest BCUT2D eigenvalue weighted by Crippen LogP contribution is 2.27. The van der Waals surface area contributed by atoms with Gasteiger partial charge in [0, 0.05) is 26.7 Å². The Morgan fingerprint density at radius 3 is 1.76 bits per heavy atom. The predicted octanol–water partition coefficient (Wildman–Crippen LogP) is 1.86. The molecule has 2 rings (SSSR count). The summed E-state index contributed by atoms with van der Waals surface area (Å²) in [5.41, 5.74) is -1.08. The summed E-state index contributed by atoms with van der Waals surface area (Å²) < 4.78 is 0. The lowest BCUT2D eigenvalue weighted by molar-refractivity contribution is -0.141. The van der Waals surface area contributed by atoms with Gasteiger partial charge in [-0.1, -0.05) is 41.5 Å². The summed E-state index contributed by atoms with van der Waals surface area (Å²) in [6, 6.07) is -2.63. The van der Waals surface area contributed by atoms with Crippen LogP contribution in [-0.4, -0.2) is 78.4 Å². The summed E-state index contributed by atoms with van der Waals surface area (Å²) in [4.78, 5) is 55.4. The van der Waals surface area contributed by atoms with Gasteiger partial charge < -0.3 is 25.8 Å². The molecule has 188 valence electrons. The van der Waals surface area contributed by atoms with Gasteiger partial charge in [0.15, 0.2) is 0 Å². The van der Waals surface area contributed by atoms with Crippen molar-refractivity contribution in [3.63, 3.8) is 0 Å². The maximum absolute atomic E-state index is 13.5.